The number of likely N-dealkylation sites (tertiary alicyclic amines) is 1. The van der Waals surface area contributed by atoms with E-state index in [9.17, 15) is 4.79 Å². The maximum Gasteiger partial charge on any atom is 0.234 e. The standard InChI is InChI=1S/C15H23N3O2/c19-9-6-14-5-1-2-8-18(14)12-15(20)17-11-13-4-3-7-16-10-13/h3-4,7,10,14,19H,1-2,5-6,8-9,11-12H2,(H,17,20). The van der Waals surface area contributed by atoms with Crippen LogP contribution in [0.3, 0.4) is 0 Å². The van der Waals surface area contributed by atoms with Gasteiger partial charge in [0.2, 0.25) is 5.91 Å². The Kier molecular flexibility index (Phi) is 5.95. The zero-order valence-corrected chi connectivity index (χ0v) is 11.8. The minimum atomic E-state index is 0.0405. The monoisotopic (exact) mass is 277 g/mol. The number of amides is 1. The third-order valence-corrected chi connectivity index (χ3v) is 3.77. The molecule has 0 spiro atoms. The number of aliphatic hydroxyl groups is 1. The van der Waals surface area contributed by atoms with Gasteiger partial charge in [-0.3, -0.25) is 14.7 Å². The predicted molar refractivity (Wildman–Crippen MR) is 77.0 cm³/mol. The second-order valence-corrected chi connectivity index (χ2v) is 5.27. The maximum atomic E-state index is 12.0. The van der Waals surface area contributed by atoms with Gasteiger partial charge in [0.05, 0.1) is 6.54 Å². The number of rotatable bonds is 6. The summed E-state index contributed by atoms with van der Waals surface area (Å²) in [5.41, 5.74) is 1.01. The van der Waals surface area contributed by atoms with Gasteiger partial charge < -0.3 is 10.4 Å². The molecule has 5 heteroatoms. The van der Waals surface area contributed by atoms with Crippen LogP contribution in [0.5, 0.6) is 0 Å². The van der Waals surface area contributed by atoms with Crippen molar-refractivity contribution in [2.75, 3.05) is 19.7 Å². The minimum absolute atomic E-state index is 0.0405. The lowest BCUT2D eigenvalue weighted by atomic mass is 10.00. The summed E-state index contributed by atoms with van der Waals surface area (Å²) in [5.74, 6) is 0.0405. The summed E-state index contributed by atoms with van der Waals surface area (Å²) in [6.07, 6.45) is 7.65. The van der Waals surface area contributed by atoms with E-state index in [1.165, 1.54) is 6.42 Å². The Morgan fingerprint density at radius 3 is 3.15 bits per heavy atom. The molecule has 2 heterocycles. The molecule has 20 heavy (non-hydrogen) atoms. The Bertz CT molecular complexity index is 409. The predicted octanol–water partition coefficient (Wildman–Crippen LogP) is 0.935. The highest BCUT2D eigenvalue weighted by atomic mass is 16.3. The molecule has 1 aromatic heterocycles. The van der Waals surface area contributed by atoms with E-state index < -0.39 is 0 Å². The first-order valence-electron chi connectivity index (χ1n) is 7.30. The van der Waals surface area contributed by atoms with Crippen molar-refractivity contribution in [2.24, 2.45) is 0 Å². The average Bonchev–Trinajstić information content (AvgIpc) is 2.49. The summed E-state index contributed by atoms with van der Waals surface area (Å²) in [4.78, 5) is 18.2. The lowest BCUT2D eigenvalue weighted by Crippen LogP contribution is -2.45. The van der Waals surface area contributed by atoms with Crippen molar-refractivity contribution in [1.29, 1.82) is 0 Å². The first kappa shape index (κ1) is 14.9. The summed E-state index contributed by atoms with van der Waals surface area (Å²) in [6.45, 7) is 2.08. The van der Waals surface area contributed by atoms with Crippen molar-refractivity contribution >= 4 is 5.91 Å². The average molecular weight is 277 g/mol. The van der Waals surface area contributed by atoms with E-state index in [0.717, 1.165) is 31.4 Å². The maximum absolute atomic E-state index is 12.0. The van der Waals surface area contributed by atoms with Crippen LogP contribution in [0, 0.1) is 0 Å². The van der Waals surface area contributed by atoms with E-state index in [2.05, 4.69) is 15.2 Å². The smallest absolute Gasteiger partial charge is 0.234 e. The van der Waals surface area contributed by atoms with Crippen LogP contribution in [0.25, 0.3) is 0 Å². The lowest BCUT2D eigenvalue weighted by Gasteiger charge is -2.34. The Morgan fingerprint density at radius 2 is 2.40 bits per heavy atom. The molecular weight excluding hydrogens is 254 g/mol. The number of hydrogen-bond acceptors (Lipinski definition) is 4. The summed E-state index contributed by atoms with van der Waals surface area (Å²) < 4.78 is 0. The molecule has 0 aliphatic carbocycles. The zero-order chi connectivity index (χ0) is 14.2. The number of aromatic nitrogens is 1. The fourth-order valence-corrected chi connectivity index (χ4v) is 2.69. The van der Waals surface area contributed by atoms with Crippen LogP contribution < -0.4 is 5.32 Å². The third kappa shape index (κ3) is 4.58. The van der Waals surface area contributed by atoms with Crippen LogP contribution in [0.15, 0.2) is 24.5 Å². The van der Waals surface area contributed by atoms with Crippen LogP contribution >= 0.6 is 0 Å². The van der Waals surface area contributed by atoms with Gasteiger partial charge in [0.1, 0.15) is 0 Å². The number of carbonyl (C=O) groups excluding carboxylic acids is 1. The SMILES string of the molecule is O=C(CN1CCCCC1CCO)NCc1cccnc1. The molecule has 0 radical (unpaired) electrons. The van der Waals surface area contributed by atoms with E-state index >= 15 is 0 Å². The van der Waals surface area contributed by atoms with E-state index in [4.69, 9.17) is 5.11 Å². The highest BCUT2D eigenvalue weighted by molar-refractivity contribution is 5.78. The fourth-order valence-electron chi connectivity index (χ4n) is 2.69. The number of hydrogen-bond donors (Lipinski definition) is 2. The summed E-state index contributed by atoms with van der Waals surface area (Å²) >= 11 is 0. The molecule has 2 rings (SSSR count). The second-order valence-electron chi connectivity index (χ2n) is 5.27. The van der Waals surface area contributed by atoms with Gasteiger partial charge in [0, 0.05) is 31.6 Å². The summed E-state index contributed by atoms with van der Waals surface area (Å²) in [7, 11) is 0. The molecule has 1 fully saturated rings. The van der Waals surface area contributed by atoms with E-state index in [1.54, 1.807) is 12.4 Å². The molecule has 1 aliphatic heterocycles. The number of nitrogens with one attached hydrogen (secondary N) is 1. The van der Waals surface area contributed by atoms with E-state index in [1.807, 2.05) is 12.1 Å². The summed E-state index contributed by atoms with van der Waals surface area (Å²) in [5, 5.41) is 12.0. The normalized spacial score (nSPS) is 19.8. The van der Waals surface area contributed by atoms with Crippen molar-refractivity contribution in [2.45, 2.75) is 38.3 Å². The molecule has 2 N–H and O–H groups in total. The number of carbonyl (C=O) groups is 1. The van der Waals surface area contributed by atoms with Crippen LogP contribution in [0.4, 0.5) is 0 Å². The molecule has 5 nitrogen and oxygen atoms in total. The quantitative estimate of drug-likeness (QED) is 0.812. The highest BCUT2D eigenvalue weighted by Crippen LogP contribution is 2.18. The molecule has 0 aromatic carbocycles. The van der Waals surface area contributed by atoms with Crippen molar-refractivity contribution in [3.63, 3.8) is 0 Å². The van der Waals surface area contributed by atoms with Crippen LogP contribution in [-0.2, 0) is 11.3 Å². The Morgan fingerprint density at radius 1 is 1.50 bits per heavy atom. The molecule has 1 saturated heterocycles. The molecule has 110 valence electrons. The van der Waals surface area contributed by atoms with E-state index in [-0.39, 0.29) is 12.5 Å². The van der Waals surface area contributed by atoms with Gasteiger partial charge in [-0.15, -0.1) is 0 Å². The largest absolute Gasteiger partial charge is 0.396 e. The van der Waals surface area contributed by atoms with Gasteiger partial charge in [-0.25, -0.2) is 0 Å². The molecule has 1 amide bonds. The number of nitrogens with zero attached hydrogens (tertiary/aromatic N) is 2. The van der Waals surface area contributed by atoms with Gasteiger partial charge >= 0.3 is 0 Å². The molecule has 1 atom stereocenters. The number of piperidine rings is 1. The van der Waals surface area contributed by atoms with Gasteiger partial charge in [-0.2, -0.15) is 0 Å². The van der Waals surface area contributed by atoms with Gasteiger partial charge in [0.25, 0.3) is 0 Å². The van der Waals surface area contributed by atoms with Gasteiger partial charge in [-0.1, -0.05) is 12.5 Å². The topological polar surface area (TPSA) is 65.5 Å². The number of aliphatic hydroxyl groups excluding tert-OH is 1. The van der Waals surface area contributed by atoms with E-state index in [0.29, 0.717) is 19.1 Å². The lowest BCUT2D eigenvalue weighted by molar-refractivity contribution is -0.123. The van der Waals surface area contributed by atoms with Crippen LogP contribution in [0.2, 0.25) is 0 Å². The van der Waals surface area contributed by atoms with Crippen molar-refractivity contribution in [1.82, 2.24) is 15.2 Å². The van der Waals surface area contributed by atoms with Gasteiger partial charge in [-0.05, 0) is 37.4 Å². The van der Waals surface area contributed by atoms with Gasteiger partial charge in [0.15, 0.2) is 0 Å². The first-order valence-corrected chi connectivity index (χ1v) is 7.30. The molecule has 0 saturated carbocycles. The Hall–Kier alpha value is -1.46. The zero-order valence-electron chi connectivity index (χ0n) is 11.8. The minimum Gasteiger partial charge on any atom is -0.396 e. The second kappa shape index (κ2) is 7.97. The van der Waals surface area contributed by atoms with Crippen molar-refractivity contribution in [3.05, 3.63) is 30.1 Å². The van der Waals surface area contributed by atoms with Crippen LogP contribution in [0.1, 0.15) is 31.2 Å². The third-order valence-electron chi connectivity index (χ3n) is 3.77. The molecule has 1 aliphatic rings. The molecule has 1 unspecified atom stereocenters. The summed E-state index contributed by atoms with van der Waals surface area (Å²) in [6, 6.07) is 4.16. The molecule has 1 aromatic rings. The first-order chi connectivity index (χ1) is 9.79. The Balaban J connectivity index is 1.78. The number of pyridine rings is 1. The molecule has 0 bridgehead atoms. The molecular formula is C15H23N3O2. The van der Waals surface area contributed by atoms with Crippen molar-refractivity contribution < 1.29 is 9.90 Å². The van der Waals surface area contributed by atoms with Crippen LogP contribution in [-0.4, -0.2) is 46.6 Å². The Labute approximate surface area is 120 Å². The van der Waals surface area contributed by atoms with Crippen molar-refractivity contribution in [3.8, 4) is 0 Å². The highest BCUT2D eigenvalue weighted by Gasteiger charge is 2.23. The fraction of sp³-hybridized carbons (Fsp3) is 0.600.